The summed E-state index contributed by atoms with van der Waals surface area (Å²) < 4.78 is 1.59. The second-order valence-corrected chi connectivity index (χ2v) is 6.41. The molecule has 2 aromatic carbocycles. The van der Waals surface area contributed by atoms with E-state index in [2.05, 4.69) is 4.98 Å². The van der Waals surface area contributed by atoms with Gasteiger partial charge >= 0.3 is 5.69 Å². The van der Waals surface area contributed by atoms with Crippen LogP contribution in [0.1, 0.15) is 17.8 Å². The standard InChI is InChI=1S/C18H12ClN3O4/c19-12-2-3-13-14(9-12)20-17-11(5-6-21(17)18(13)24)7-10-1-4-16(23)15(8-10)22(25)26/h1-4,7-9,23H,5-6H2. The largest absolute Gasteiger partial charge is 0.502 e. The molecule has 7 nitrogen and oxygen atoms in total. The van der Waals surface area contributed by atoms with Crippen molar-refractivity contribution in [3.05, 3.63) is 73.3 Å². The molecule has 0 saturated heterocycles. The maximum atomic E-state index is 12.6. The van der Waals surface area contributed by atoms with E-state index >= 15 is 0 Å². The van der Waals surface area contributed by atoms with E-state index < -0.39 is 4.92 Å². The Bertz CT molecular complexity index is 1170. The first-order chi connectivity index (χ1) is 12.4. The summed E-state index contributed by atoms with van der Waals surface area (Å²) in [6.07, 6.45) is 2.33. The van der Waals surface area contributed by atoms with E-state index in [0.29, 0.717) is 40.3 Å². The van der Waals surface area contributed by atoms with Gasteiger partial charge in [0.15, 0.2) is 5.75 Å². The number of nitrogens with zero attached hydrogens (tertiary/aromatic N) is 3. The summed E-state index contributed by atoms with van der Waals surface area (Å²) in [7, 11) is 0. The number of fused-ring (bicyclic) bond motifs is 2. The number of rotatable bonds is 2. The molecule has 0 aliphatic carbocycles. The molecule has 1 aromatic heterocycles. The number of aromatic hydroxyl groups is 1. The molecule has 3 aromatic rings. The summed E-state index contributed by atoms with van der Waals surface area (Å²) in [6.45, 7) is 0.492. The SMILES string of the molecule is O=c1c2ccc(Cl)cc2nc2n1CCC2=Cc1ccc(O)c([N+](=O)[O-])c1. The third-order valence-corrected chi connectivity index (χ3v) is 4.58. The van der Waals surface area contributed by atoms with Crippen LogP contribution in [0.5, 0.6) is 5.75 Å². The number of benzene rings is 2. The van der Waals surface area contributed by atoms with Crippen LogP contribution in [0, 0.1) is 10.1 Å². The molecule has 2 heterocycles. The lowest BCUT2D eigenvalue weighted by atomic mass is 10.1. The molecule has 0 saturated carbocycles. The molecule has 0 radical (unpaired) electrons. The van der Waals surface area contributed by atoms with Crippen LogP contribution in [0.15, 0.2) is 41.2 Å². The quantitative estimate of drug-likeness (QED) is 0.549. The molecule has 0 bridgehead atoms. The number of halogens is 1. The minimum absolute atomic E-state index is 0.137. The van der Waals surface area contributed by atoms with Crippen LogP contribution in [-0.2, 0) is 6.54 Å². The van der Waals surface area contributed by atoms with Crippen molar-refractivity contribution >= 4 is 39.8 Å². The zero-order valence-corrected chi connectivity index (χ0v) is 14.1. The van der Waals surface area contributed by atoms with Gasteiger partial charge in [-0.25, -0.2) is 4.98 Å². The predicted molar refractivity (Wildman–Crippen MR) is 98.3 cm³/mol. The number of allylic oxidation sites excluding steroid dienone is 1. The third-order valence-electron chi connectivity index (χ3n) is 4.35. The van der Waals surface area contributed by atoms with Crippen LogP contribution in [0.25, 0.3) is 22.6 Å². The van der Waals surface area contributed by atoms with Crippen LogP contribution in [0.4, 0.5) is 5.69 Å². The van der Waals surface area contributed by atoms with Gasteiger partial charge in [-0.3, -0.25) is 19.5 Å². The second-order valence-electron chi connectivity index (χ2n) is 5.98. The fourth-order valence-corrected chi connectivity index (χ4v) is 3.27. The van der Waals surface area contributed by atoms with Crippen molar-refractivity contribution < 1.29 is 10.0 Å². The Balaban J connectivity index is 1.87. The Labute approximate surface area is 151 Å². The maximum Gasteiger partial charge on any atom is 0.311 e. The van der Waals surface area contributed by atoms with Crippen molar-refractivity contribution in [1.29, 1.82) is 0 Å². The van der Waals surface area contributed by atoms with Gasteiger partial charge in [0.1, 0.15) is 5.82 Å². The lowest BCUT2D eigenvalue weighted by Gasteiger charge is -2.06. The number of nitro benzene ring substituents is 1. The van der Waals surface area contributed by atoms with Crippen molar-refractivity contribution in [2.24, 2.45) is 0 Å². The summed E-state index contributed by atoms with van der Waals surface area (Å²) in [6, 6.07) is 9.10. The highest BCUT2D eigenvalue weighted by Crippen LogP contribution is 2.31. The predicted octanol–water partition coefficient (Wildman–Crippen LogP) is 3.61. The molecule has 0 unspecified atom stereocenters. The average Bonchev–Trinajstić information content (AvgIpc) is 2.99. The van der Waals surface area contributed by atoms with E-state index in [-0.39, 0.29) is 17.0 Å². The first-order valence-electron chi connectivity index (χ1n) is 7.82. The lowest BCUT2D eigenvalue weighted by Crippen LogP contribution is -2.20. The molecular weight excluding hydrogens is 358 g/mol. The van der Waals surface area contributed by atoms with E-state index in [1.807, 2.05) is 0 Å². The number of phenols is 1. The number of hydrogen-bond donors (Lipinski definition) is 1. The van der Waals surface area contributed by atoms with E-state index in [9.17, 15) is 20.0 Å². The van der Waals surface area contributed by atoms with Crippen LogP contribution in [-0.4, -0.2) is 19.6 Å². The minimum atomic E-state index is -0.641. The summed E-state index contributed by atoms with van der Waals surface area (Å²) in [4.78, 5) is 27.6. The van der Waals surface area contributed by atoms with Crippen LogP contribution in [0.3, 0.4) is 0 Å². The normalized spacial score (nSPS) is 14.7. The molecule has 1 aliphatic rings. The van der Waals surface area contributed by atoms with Gasteiger partial charge in [-0.05, 0) is 47.9 Å². The van der Waals surface area contributed by atoms with Gasteiger partial charge in [0.05, 0.1) is 15.8 Å². The number of nitro groups is 1. The Morgan fingerprint density at radius 2 is 2.08 bits per heavy atom. The van der Waals surface area contributed by atoms with Gasteiger partial charge in [-0.15, -0.1) is 0 Å². The van der Waals surface area contributed by atoms with Gasteiger partial charge < -0.3 is 5.11 Å². The molecule has 1 N–H and O–H groups in total. The van der Waals surface area contributed by atoms with Crippen molar-refractivity contribution in [3.63, 3.8) is 0 Å². The molecule has 26 heavy (non-hydrogen) atoms. The summed E-state index contributed by atoms with van der Waals surface area (Å²) in [5, 5.41) is 21.6. The van der Waals surface area contributed by atoms with Gasteiger partial charge in [0, 0.05) is 17.6 Å². The average molecular weight is 370 g/mol. The van der Waals surface area contributed by atoms with E-state index in [1.54, 1.807) is 34.9 Å². The first kappa shape index (κ1) is 16.3. The molecule has 0 atom stereocenters. The van der Waals surface area contributed by atoms with Gasteiger partial charge in [-0.2, -0.15) is 0 Å². The summed E-state index contributed by atoms with van der Waals surface area (Å²) >= 11 is 6.00. The molecule has 1 aliphatic heterocycles. The molecule has 130 valence electrons. The van der Waals surface area contributed by atoms with Crippen LogP contribution in [0.2, 0.25) is 5.02 Å². The van der Waals surface area contributed by atoms with Crippen molar-refractivity contribution in [2.75, 3.05) is 0 Å². The van der Waals surface area contributed by atoms with Crippen molar-refractivity contribution in [1.82, 2.24) is 9.55 Å². The minimum Gasteiger partial charge on any atom is -0.502 e. The zero-order valence-electron chi connectivity index (χ0n) is 13.3. The smallest absolute Gasteiger partial charge is 0.311 e. The topological polar surface area (TPSA) is 98.3 Å². The Morgan fingerprint density at radius 3 is 2.85 bits per heavy atom. The van der Waals surface area contributed by atoms with Crippen molar-refractivity contribution in [3.8, 4) is 5.75 Å². The molecule has 0 spiro atoms. The van der Waals surface area contributed by atoms with Gasteiger partial charge in [0.25, 0.3) is 5.56 Å². The van der Waals surface area contributed by atoms with Gasteiger partial charge in [-0.1, -0.05) is 17.7 Å². The molecule has 8 heteroatoms. The lowest BCUT2D eigenvalue weighted by molar-refractivity contribution is -0.385. The fraction of sp³-hybridized carbons (Fsp3) is 0.111. The highest BCUT2D eigenvalue weighted by molar-refractivity contribution is 6.31. The monoisotopic (exact) mass is 369 g/mol. The van der Waals surface area contributed by atoms with E-state index in [0.717, 1.165) is 5.57 Å². The van der Waals surface area contributed by atoms with Crippen LogP contribution >= 0.6 is 11.6 Å². The Hall–Kier alpha value is -3.19. The molecule has 4 rings (SSSR count). The summed E-state index contributed by atoms with van der Waals surface area (Å²) in [5.41, 5.74) is 1.36. The number of aromatic nitrogens is 2. The Kier molecular flexibility index (Phi) is 3.73. The van der Waals surface area contributed by atoms with Crippen molar-refractivity contribution in [2.45, 2.75) is 13.0 Å². The molecular formula is C18H12ClN3O4. The van der Waals surface area contributed by atoms with Crippen LogP contribution < -0.4 is 5.56 Å². The molecule has 0 amide bonds. The fourth-order valence-electron chi connectivity index (χ4n) is 3.11. The van der Waals surface area contributed by atoms with E-state index in [4.69, 9.17) is 11.6 Å². The van der Waals surface area contributed by atoms with E-state index in [1.165, 1.54) is 12.1 Å². The van der Waals surface area contributed by atoms with Gasteiger partial charge in [0.2, 0.25) is 0 Å². The Morgan fingerprint density at radius 1 is 1.27 bits per heavy atom. The highest BCUT2D eigenvalue weighted by Gasteiger charge is 2.21. The maximum absolute atomic E-state index is 12.6. The highest BCUT2D eigenvalue weighted by atomic mass is 35.5. The summed E-state index contributed by atoms with van der Waals surface area (Å²) in [5.74, 6) is 0.138. The zero-order chi connectivity index (χ0) is 18.4. The molecule has 0 fully saturated rings. The second kappa shape index (κ2) is 5.96. The first-order valence-corrected chi connectivity index (χ1v) is 8.20. The third kappa shape index (κ3) is 2.62. The number of phenolic OH excluding ortho intramolecular Hbond substituents is 1. The number of hydrogen-bond acceptors (Lipinski definition) is 5.